The average molecular weight is 237 g/mol. The van der Waals surface area contributed by atoms with E-state index in [4.69, 9.17) is 0 Å². The van der Waals surface area contributed by atoms with Gasteiger partial charge in [0.05, 0.1) is 6.61 Å². The van der Waals surface area contributed by atoms with Gasteiger partial charge in [-0.25, -0.2) is 4.39 Å². The van der Waals surface area contributed by atoms with Crippen molar-refractivity contribution < 1.29 is 9.50 Å². The zero-order chi connectivity index (χ0) is 12.3. The molecule has 0 amide bonds. The third-order valence-corrected chi connectivity index (χ3v) is 3.72. The molecule has 0 aromatic heterocycles. The number of benzene rings is 1. The Bertz CT molecular complexity index is 352. The topological polar surface area (TPSA) is 23.5 Å². The molecule has 2 nitrogen and oxygen atoms in total. The van der Waals surface area contributed by atoms with Gasteiger partial charge in [0.1, 0.15) is 5.82 Å². The molecule has 1 aliphatic heterocycles. The molecular formula is C14H20FNO. The van der Waals surface area contributed by atoms with Crippen LogP contribution < -0.4 is 0 Å². The van der Waals surface area contributed by atoms with Crippen molar-refractivity contribution in [2.45, 2.75) is 32.4 Å². The molecule has 2 unspecified atom stereocenters. The summed E-state index contributed by atoms with van der Waals surface area (Å²) in [6.45, 7) is 4.23. The number of rotatable bonds is 3. The van der Waals surface area contributed by atoms with Crippen LogP contribution in [0.5, 0.6) is 0 Å². The summed E-state index contributed by atoms with van der Waals surface area (Å²) in [6.07, 6.45) is 2.37. The number of hydrogen-bond acceptors (Lipinski definition) is 2. The molecule has 17 heavy (non-hydrogen) atoms. The fourth-order valence-electron chi connectivity index (χ4n) is 2.65. The standard InChI is InChI=1S/C14H20FNO/c1-11-3-2-8-16(14(11)10-17)9-12-4-6-13(15)7-5-12/h4-7,11,14,17H,2-3,8-10H2,1H3. The predicted octanol–water partition coefficient (Wildman–Crippen LogP) is 2.42. The van der Waals surface area contributed by atoms with Gasteiger partial charge in [0, 0.05) is 12.6 Å². The van der Waals surface area contributed by atoms with Crippen molar-refractivity contribution in [3.8, 4) is 0 Å². The number of likely N-dealkylation sites (tertiary alicyclic amines) is 1. The van der Waals surface area contributed by atoms with Gasteiger partial charge < -0.3 is 5.11 Å². The molecule has 3 heteroatoms. The van der Waals surface area contributed by atoms with Gasteiger partial charge in [-0.3, -0.25) is 4.90 Å². The Balaban J connectivity index is 2.03. The van der Waals surface area contributed by atoms with Crippen LogP contribution in [0.4, 0.5) is 4.39 Å². The summed E-state index contributed by atoms with van der Waals surface area (Å²) in [7, 11) is 0. The molecule has 2 atom stereocenters. The fourth-order valence-corrected chi connectivity index (χ4v) is 2.65. The number of halogens is 1. The minimum Gasteiger partial charge on any atom is -0.395 e. The summed E-state index contributed by atoms with van der Waals surface area (Å²) in [5.41, 5.74) is 1.11. The van der Waals surface area contributed by atoms with Crippen LogP contribution in [-0.4, -0.2) is 29.2 Å². The first kappa shape index (κ1) is 12.5. The van der Waals surface area contributed by atoms with E-state index in [-0.39, 0.29) is 18.5 Å². The molecule has 0 bridgehead atoms. The van der Waals surface area contributed by atoms with Crippen LogP contribution >= 0.6 is 0 Å². The highest BCUT2D eigenvalue weighted by molar-refractivity contribution is 5.16. The Morgan fingerprint density at radius 3 is 2.71 bits per heavy atom. The smallest absolute Gasteiger partial charge is 0.123 e. The van der Waals surface area contributed by atoms with E-state index in [0.717, 1.165) is 18.7 Å². The van der Waals surface area contributed by atoms with E-state index in [1.807, 2.05) is 12.1 Å². The Hall–Kier alpha value is -0.930. The third kappa shape index (κ3) is 3.05. The Kier molecular flexibility index (Phi) is 4.13. The predicted molar refractivity (Wildman–Crippen MR) is 66.1 cm³/mol. The number of piperidine rings is 1. The highest BCUT2D eigenvalue weighted by atomic mass is 19.1. The molecule has 1 heterocycles. The maximum atomic E-state index is 12.8. The monoisotopic (exact) mass is 237 g/mol. The van der Waals surface area contributed by atoms with Crippen molar-refractivity contribution in [2.75, 3.05) is 13.2 Å². The third-order valence-electron chi connectivity index (χ3n) is 3.72. The van der Waals surface area contributed by atoms with Gasteiger partial charge in [-0.1, -0.05) is 19.1 Å². The summed E-state index contributed by atoms with van der Waals surface area (Å²) in [5.74, 6) is 0.341. The van der Waals surface area contributed by atoms with Crippen LogP contribution in [0.15, 0.2) is 24.3 Å². The molecule has 1 fully saturated rings. The van der Waals surface area contributed by atoms with E-state index in [9.17, 15) is 9.50 Å². The van der Waals surface area contributed by atoms with Crippen molar-refractivity contribution in [1.29, 1.82) is 0 Å². The maximum Gasteiger partial charge on any atom is 0.123 e. The summed E-state index contributed by atoms with van der Waals surface area (Å²) < 4.78 is 12.8. The minimum absolute atomic E-state index is 0.195. The SMILES string of the molecule is CC1CCCN(Cc2ccc(F)cc2)C1CO. The highest BCUT2D eigenvalue weighted by Gasteiger charge is 2.27. The second-order valence-corrected chi connectivity index (χ2v) is 4.97. The Morgan fingerprint density at radius 1 is 1.35 bits per heavy atom. The molecule has 0 spiro atoms. The molecule has 1 aromatic carbocycles. The zero-order valence-electron chi connectivity index (χ0n) is 10.3. The minimum atomic E-state index is -0.195. The van der Waals surface area contributed by atoms with Crippen molar-refractivity contribution >= 4 is 0 Å². The van der Waals surface area contributed by atoms with Gasteiger partial charge in [-0.05, 0) is 43.0 Å². The maximum absolute atomic E-state index is 12.8. The fraction of sp³-hybridized carbons (Fsp3) is 0.571. The summed E-state index contributed by atoms with van der Waals surface area (Å²) in [4.78, 5) is 2.31. The van der Waals surface area contributed by atoms with Gasteiger partial charge in [-0.2, -0.15) is 0 Å². The van der Waals surface area contributed by atoms with Crippen LogP contribution in [0, 0.1) is 11.7 Å². The summed E-state index contributed by atoms with van der Waals surface area (Å²) >= 11 is 0. The van der Waals surface area contributed by atoms with E-state index in [1.165, 1.54) is 25.0 Å². The zero-order valence-corrected chi connectivity index (χ0v) is 10.3. The molecule has 1 aromatic rings. The Morgan fingerprint density at radius 2 is 2.06 bits per heavy atom. The first-order valence-corrected chi connectivity index (χ1v) is 6.30. The van der Waals surface area contributed by atoms with Crippen molar-refractivity contribution in [1.82, 2.24) is 4.90 Å². The van der Waals surface area contributed by atoms with E-state index in [2.05, 4.69) is 11.8 Å². The number of nitrogens with zero attached hydrogens (tertiary/aromatic N) is 1. The van der Waals surface area contributed by atoms with E-state index < -0.39 is 0 Å². The highest BCUT2D eigenvalue weighted by Crippen LogP contribution is 2.24. The van der Waals surface area contributed by atoms with Gasteiger partial charge in [0.15, 0.2) is 0 Å². The van der Waals surface area contributed by atoms with Crippen molar-refractivity contribution in [3.63, 3.8) is 0 Å². The lowest BCUT2D eigenvalue weighted by Crippen LogP contribution is -2.45. The first-order chi connectivity index (χ1) is 8.20. The second-order valence-electron chi connectivity index (χ2n) is 4.97. The van der Waals surface area contributed by atoms with Gasteiger partial charge in [0.25, 0.3) is 0 Å². The second kappa shape index (κ2) is 5.61. The van der Waals surface area contributed by atoms with Crippen LogP contribution in [0.3, 0.4) is 0 Å². The van der Waals surface area contributed by atoms with Crippen LogP contribution in [0.1, 0.15) is 25.3 Å². The number of aliphatic hydroxyl groups is 1. The lowest BCUT2D eigenvalue weighted by Gasteiger charge is -2.39. The molecule has 1 saturated heterocycles. The first-order valence-electron chi connectivity index (χ1n) is 6.30. The molecule has 0 aliphatic carbocycles. The largest absolute Gasteiger partial charge is 0.395 e. The molecule has 0 saturated carbocycles. The lowest BCUT2D eigenvalue weighted by atomic mass is 9.91. The van der Waals surface area contributed by atoms with Crippen molar-refractivity contribution in [3.05, 3.63) is 35.6 Å². The van der Waals surface area contributed by atoms with Crippen molar-refractivity contribution in [2.24, 2.45) is 5.92 Å². The molecule has 1 N–H and O–H groups in total. The average Bonchev–Trinajstić information content (AvgIpc) is 2.32. The summed E-state index contributed by atoms with van der Waals surface area (Å²) in [5, 5.41) is 9.45. The number of aliphatic hydroxyl groups excluding tert-OH is 1. The van der Waals surface area contributed by atoms with E-state index in [1.54, 1.807) is 0 Å². The summed E-state index contributed by atoms with van der Waals surface area (Å²) in [6, 6.07) is 6.88. The molecule has 0 radical (unpaired) electrons. The van der Waals surface area contributed by atoms with Crippen LogP contribution in [-0.2, 0) is 6.54 Å². The number of hydrogen-bond donors (Lipinski definition) is 1. The van der Waals surface area contributed by atoms with E-state index in [0.29, 0.717) is 5.92 Å². The van der Waals surface area contributed by atoms with Crippen LogP contribution in [0.2, 0.25) is 0 Å². The molecule has 94 valence electrons. The quantitative estimate of drug-likeness (QED) is 0.872. The lowest BCUT2D eigenvalue weighted by molar-refractivity contribution is 0.0472. The molecular weight excluding hydrogens is 217 g/mol. The molecule has 2 rings (SSSR count). The molecule has 1 aliphatic rings. The van der Waals surface area contributed by atoms with Gasteiger partial charge in [0.2, 0.25) is 0 Å². The Labute approximate surface area is 102 Å². The van der Waals surface area contributed by atoms with E-state index >= 15 is 0 Å². The van der Waals surface area contributed by atoms with Gasteiger partial charge in [-0.15, -0.1) is 0 Å². The van der Waals surface area contributed by atoms with Gasteiger partial charge >= 0.3 is 0 Å². The van der Waals surface area contributed by atoms with Crippen LogP contribution in [0.25, 0.3) is 0 Å². The normalized spacial score (nSPS) is 26.1.